The quantitative estimate of drug-likeness (QED) is 0.783. The van der Waals surface area contributed by atoms with E-state index >= 15 is 0 Å². The zero-order valence-electron chi connectivity index (χ0n) is 9.74. The van der Waals surface area contributed by atoms with Gasteiger partial charge < -0.3 is 10.2 Å². The van der Waals surface area contributed by atoms with Crippen LogP contribution in [-0.2, 0) is 6.54 Å². The average molecular weight is 221 g/mol. The molecule has 0 radical (unpaired) electrons. The summed E-state index contributed by atoms with van der Waals surface area (Å²) >= 11 is 0. The molecule has 1 aliphatic heterocycles. The Kier molecular flexibility index (Phi) is 3.28. The summed E-state index contributed by atoms with van der Waals surface area (Å²) in [6.45, 7) is 4.69. The highest BCUT2D eigenvalue weighted by atomic mass is 16.3. The summed E-state index contributed by atoms with van der Waals surface area (Å²) in [6.07, 6.45) is -1.28. The minimum atomic E-state index is -0.640. The average Bonchev–Trinajstić information content (AvgIpc) is 2.48. The second kappa shape index (κ2) is 4.53. The molecule has 1 aromatic carbocycles. The second-order valence-electron chi connectivity index (χ2n) is 4.62. The Morgan fingerprint density at radius 1 is 1.00 bits per heavy atom. The summed E-state index contributed by atoms with van der Waals surface area (Å²) in [4.78, 5) is 2.14. The van der Waals surface area contributed by atoms with E-state index in [0.29, 0.717) is 0 Å². The molecule has 88 valence electrons. The monoisotopic (exact) mass is 221 g/mol. The zero-order valence-corrected chi connectivity index (χ0v) is 9.74. The summed E-state index contributed by atoms with van der Waals surface area (Å²) in [7, 11) is 0. The van der Waals surface area contributed by atoms with Crippen molar-refractivity contribution in [1.29, 1.82) is 0 Å². The van der Waals surface area contributed by atoms with Gasteiger partial charge in [0.2, 0.25) is 0 Å². The molecule has 2 N–H and O–H groups in total. The predicted molar refractivity (Wildman–Crippen MR) is 62.9 cm³/mol. The Balaban J connectivity index is 2.11. The van der Waals surface area contributed by atoms with E-state index < -0.39 is 12.2 Å². The number of aliphatic hydroxyl groups excluding tert-OH is 2. The van der Waals surface area contributed by atoms with Crippen LogP contribution in [-0.4, -0.2) is 39.4 Å². The maximum atomic E-state index is 9.79. The minimum Gasteiger partial charge on any atom is -0.389 e. The molecule has 0 amide bonds. The molecule has 0 saturated carbocycles. The number of hydrogen-bond donors (Lipinski definition) is 2. The van der Waals surface area contributed by atoms with Crippen LogP contribution in [0.3, 0.4) is 0 Å². The van der Waals surface area contributed by atoms with Crippen molar-refractivity contribution in [3.8, 4) is 0 Å². The highest BCUT2D eigenvalue weighted by Crippen LogP contribution is 2.26. The SMILES string of the molecule is CC1C(O)C(O)C(C)N1Cc1ccccc1. The van der Waals surface area contributed by atoms with E-state index in [1.807, 2.05) is 32.0 Å². The number of nitrogens with zero attached hydrogens (tertiary/aromatic N) is 1. The van der Waals surface area contributed by atoms with E-state index in [2.05, 4.69) is 17.0 Å². The highest BCUT2D eigenvalue weighted by molar-refractivity contribution is 5.15. The molecule has 1 aromatic rings. The number of hydrogen-bond acceptors (Lipinski definition) is 3. The van der Waals surface area contributed by atoms with Crippen molar-refractivity contribution in [2.75, 3.05) is 0 Å². The van der Waals surface area contributed by atoms with Crippen LogP contribution in [0.2, 0.25) is 0 Å². The fourth-order valence-electron chi connectivity index (χ4n) is 2.42. The van der Waals surface area contributed by atoms with Crippen molar-refractivity contribution >= 4 is 0 Å². The first-order valence-corrected chi connectivity index (χ1v) is 5.77. The van der Waals surface area contributed by atoms with Gasteiger partial charge in [0, 0.05) is 18.6 Å². The lowest BCUT2D eigenvalue weighted by molar-refractivity contribution is 0.0327. The van der Waals surface area contributed by atoms with Gasteiger partial charge in [-0.2, -0.15) is 0 Å². The molecule has 0 spiro atoms. The Morgan fingerprint density at radius 2 is 1.50 bits per heavy atom. The summed E-state index contributed by atoms with van der Waals surface area (Å²) in [5.74, 6) is 0. The summed E-state index contributed by atoms with van der Waals surface area (Å²) < 4.78 is 0. The first-order chi connectivity index (χ1) is 7.61. The molecular weight excluding hydrogens is 202 g/mol. The van der Waals surface area contributed by atoms with Crippen LogP contribution < -0.4 is 0 Å². The van der Waals surface area contributed by atoms with Crippen molar-refractivity contribution in [1.82, 2.24) is 4.90 Å². The standard InChI is InChI=1S/C13H19NO2/c1-9-12(15)13(16)10(2)14(9)8-11-6-4-3-5-7-11/h3-7,9-10,12-13,15-16H,8H2,1-2H3. The fourth-order valence-corrected chi connectivity index (χ4v) is 2.42. The van der Waals surface area contributed by atoms with E-state index in [0.717, 1.165) is 6.54 Å². The molecule has 3 nitrogen and oxygen atoms in total. The van der Waals surface area contributed by atoms with Gasteiger partial charge in [-0.3, -0.25) is 4.90 Å². The lowest BCUT2D eigenvalue weighted by atomic mass is 10.1. The van der Waals surface area contributed by atoms with E-state index in [1.54, 1.807) is 0 Å². The topological polar surface area (TPSA) is 43.7 Å². The van der Waals surface area contributed by atoms with Crippen molar-refractivity contribution in [2.45, 2.75) is 44.7 Å². The molecule has 1 heterocycles. The van der Waals surface area contributed by atoms with Crippen LogP contribution in [0.4, 0.5) is 0 Å². The molecule has 4 atom stereocenters. The number of benzene rings is 1. The van der Waals surface area contributed by atoms with E-state index in [9.17, 15) is 10.2 Å². The van der Waals surface area contributed by atoms with Crippen molar-refractivity contribution in [3.63, 3.8) is 0 Å². The molecule has 4 unspecified atom stereocenters. The molecule has 2 rings (SSSR count). The van der Waals surface area contributed by atoms with Crippen LogP contribution in [0.15, 0.2) is 30.3 Å². The third-order valence-electron chi connectivity index (χ3n) is 3.59. The summed E-state index contributed by atoms with van der Waals surface area (Å²) in [5.41, 5.74) is 1.21. The Bertz CT molecular complexity index is 327. The number of rotatable bonds is 2. The van der Waals surface area contributed by atoms with Gasteiger partial charge in [0.15, 0.2) is 0 Å². The molecule has 1 aliphatic rings. The maximum Gasteiger partial charge on any atom is 0.0966 e. The van der Waals surface area contributed by atoms with Crippen LogP contribution >= 0.6 is 0 Å². The third-order valence-corrected chi connectivity index (χ3v) is 3.59. The second-order valence-corrected chi connectivity index (χ2v) is 4.62. The first kappa shape index (κ1) is 11.6. The Labute approximate surface area is 96.3 Å². The van der Waals surface area contributed by atoms with Crippen molar-refractivity contribution in [3.05, 3.63) is 35.9 Å². The van der Waals surface area contributed by atoms with E-state index in [1.165, 1.54) is 5.56 Å². The number of aliphatic hydroxyl groups is 2. The molecule has 1 fully saturated rings. The van der Waals surface area contributed by atoms with Gasteiger partial charge >= 0.3 is 0 Å². The largest absolute Gasteiger partial charge is 0.389 e. The lowest BCUT2D eigenvalue weighted by Crippen LogP contribution is -2.35. The minimum absolute atomic E-state index is 0.00482. The Morgan fingerprint density at radius 3 is 2.00 bits per heavy atom. The predicted octanol–water partition coefficient (Wildman–Crippen LogP) is 1.00. The van der Waals surface area contributed by atoms with Gasteiger partial charge in [-0.25, -0.2) is 0 Å². The number of likely N-dealkylation sites (tertiary alicyclic amines) is 1. The molecule has 3 heteroatoms. The molecule has 0 aliphatic carbocycles. The molecular formula is C13H19NO2. The van der Waals surface area contributed by atoms with Gasteiger partial charge in [-0.15, -0.1) is 0 Å². The van der Waals surface area contributed by atoms with Gasteiger partial charge in [0.25, 0.3) is 0 Å². The third kappa shape index (κ3) is 1.98. The first-order valence-electron chi connectivity index (χ1n) is 5.77. The van der Waals surface area contributed by atoms with Crippen LogP contribution in [0, 0.1) is 0 Å². The fraction of sp³-hybridized carbons (Fsp3) is 0.538. The van der Waals surface area contributed by atoms with E-state index in [-0.39, 0.29) is 12.1 Å². The molecule has 0 aromatic heterocycles. The lowest BCUT2D eigenvalue weighted by Gasteiger charge is -2.26. The zero-order chi connectivity index (χ0) is 11.7. The van der Waals surface area contributed by atoms with Crippen molar-refractivity contribution < 1.29 is 10.2 Å². The molecule has 16 heavy (non-hydrogen) atoms. The summed E-state index contributed by atoms with van der Waals surface area (Å²) in [6, 6.07) is 10.1. The van der Waals surface area contributed by atoms with Crippen LogP contribution in [0.1, 0.15) is 19.4 Å². The Hall–Kier alpha value is -0.900. The van der Waals surface area contributed by atoms with Crippen LogP contribution in [0.5, 0.6) is 0 Å². The normalized spacial score (nSPS) is 35.5. The smallest absolute Gasteiger partial charge is 0.0966 e. The van der Waals surface area contributed by atoms with Gasteiger partial charge in [0.1, 0.15) is 0 Å². The molecule has 0 bridgehead atoms. The molecule has 1 saturated heterocycles. The van der Waals surface area contributed by atoms with Crippen LogP contribution in [0.25, 0.3) is 0 Å². The van der Waals surface area contributed by atoms with Gasteiger partial charge in [0.05, 0.1) is 12.2 Å². The van der Waals surface area contributed by atoms with Gasteiger partial charge in [-0.1, -0.05) is 30.3 Å². The van der Waals surface area contributed by atoms with Crippen molar-refractivity contribution in [2.24, 2.45) is 0 Å². The van der Waals surface area contributed by atoms with E-state index in [4.69, 9.17) is 0 Å². The highest BCUT2D eigenvalue weighted by Gasteiger charge is 2.42. The summed E-state index contributed by atoms with van der Waals surface area (Å²) in [5, 5.41) is 19.6. The van der Waals surface area contributed by atoms with Gasteiger partial charge in [-0.05, 0) is 19.4 Å². The maximum absolute atomic E-state index is 9.79.